The quantitative estimate of drug-likeness (QED) is 0.764. The fourth-order valence-corrected chi connectivity index (χ4v) is 12.0. The van der Waals surface area contributed by atoms with Crippen LogP contribution in [0.25, 0.3) is 0 Å². The maximum Gasteiger partial charge on any atom is 0.173 e. The first-order valence-electron chi connectivity index (χ1n) is 9.39. The molecule has 0 bridgehead atoms. The Bertz CT molecular complexity index is 553. The van der Waals surface area contributed by atoms with Gasteiger partial charge in [0.05, 0.1) is 10.5 Å². The third-order valence-electron chi connectivity index (χ3n) is 6.38. The van der Waals surface area contributed by atoms with Crippen molar-refractivity contribution < 1.29 is 16.8 Å². The van der Waals surface area contributed by atoms with Crippen LogP contribution >= 0.6 is 0 Å². The molecule has 0 aromatic carbocycles. The highest BCUT2D eigenvalue weighted by Gasteiger charge is 2.60. The van der Waals surface area contributed by atoms with E-state index in [-0.39, 0.29) is 0 Å². The normalized spacial score (nSPS) is 28.0. The lowest BCUT2D eigenvalue weighted by Gasteiger charge is -2.37. The van der Waals surface area contributed by atoms with Crippen LogP contribution in [0, 0.1) is 0 Å². The maximum atomic E-state index is 13.4. The van der Waals surface area contributed by atoms with Crippen LogP contribution in [0.1, 0.15) is 89.9 Å². The van der Waals surface area contributed by atoms with Gasteiger partial charge in [-0.1, -0.05) is 51.4 Å². The highest BCUT2D eigenvalue weighted by atomic mass is 32.3. The van der Waals surface area contributed by atoms with Crippen molar-refractivity contribution in [2.24, 2.45) is 0 Å². The van der Waals surface area contributed by atoms with Crippen molar-refractivity contribution in [1.29, 1.82) is 0 Å². The van der Waals surface area contributed by atoms with E-state index in [9.17, 15) is 16.8 Å². The van der Waals surface area contributed by atoms with Gasteiger partial charge in [0, 0.05) is 0 Å². The van der Waals surface area contributed by atoms with Crippen molar-refractivity contribution >= 4 is 19.7 Å². The van der Waals surface area contributed by atoms with Crippen LogP contribution in [-0.4, -0.2) is 31.4 Å². The van der Waals surface area contributed by atoms with Crippen LogP contribution in [0.3, 0.4) is 0 Å². The molecule has 3 fully saturated rings. The topological polar surface area (TPSA) is 68.3 Å². The van der Waals surface area contributed by atoms with E-state index in [0.717, 1.165) is 51.4 Å². The predicted molar refractivity (Wildman–Crippen MR) is 92.8 cm³/mol. The molecule has 0 radical (unpaired) electrons. The van der Waals surface area contributed by atoms with E-state index >= 15 is 0 Å². The second-order valence-corrected chi connectivity index (χ2v) is 13.1. The van der Waals surface area contributed by atoms with Gasteiger partial charge >= 0.3 is 0 Å². The summed E-state index contributed by atoms with van der Waals surface area (Å²) < 4.78 is 52.2. The van der Waals surface area contributed by atoms with Gasteiger partial charge in [0.2, 0.25) is 0 Å². The third-order valence-corrected chi connectivity index (χ3v) is 13.4. The summed E-state index contributed by atoms with van der Waals surface area (Å²) in [6.07, 6.45) is 10.6. The lowest BCUT2D eigenvalue weighted by atomic mass is 10.0. The van der Waals surface area contributed by atoms with E-state index in [1.165, 1.54) is 0 Å². The summed E-state index contributed by atoms with van der Waals surface area (Å²) >= 11 is 0. The fraction of sp³-hybridized carbons (Fsp3) is 1.00. The van der Waals surface area contributed by atoms with Crippen LogP contribution in [0.15, 0.2) is 0 Å². The van der Waals surface area contributed by atoms with Gasteiger partial charge in [-0.25, -0.2) is 16.8 Å². The minimum Gasteiger partial charge on any atom is -0.227 e. The number of rotatable bonds is 4. The molecular formula is C17H30O4S2. The Kier molecular flexibility index (Phi) is 5.13. The maximum absolute atomic E-state index is 13.4. The zero-order valence-corrected chi connectivity index (χ0v) is 15.6. The molecule has 0 aliphatic heterocycles. The standard InChI is InChI=1S/C17H30O4S2/c18-22(19,15-9-3-1-4-10-15)17(13-7-8-14-17)23(20,21)16-11-5-2-6-12-16/h15-16H,1-14H2. The van der Waals surface area contributed by atoms with E-state index in [0.29, 0.717) is 38.5 Å². The lowest BCUT2D eigenvalue weighted by Crippen LogP contribution is -2.52. The van der Waals surface area contributed by atoms with Crippen molar-refractivity contribution in [3.05, 3.63) is 0 Å². The van der Waals surface area contributed by atoms with Gasteiger partial charge in [0.25, 0.3) is 0 Å². The molecule has 0 aromatic heterocycles. The van der Waals surface area contributed by atoms with Crippen LogP contribution < -0.4 is 0 Å². The molecule has 0 unspecified atom stereocenters. The molecule has 0 atom stereocenters. The van der Waals surface area contributed by atoms with Crippen molar-refractivity contribution in [2.45, 2.75) is 104 Å². The molecule has 0 amide bonds. The molecule has 4 nitrogen and oxygen atoms in total. The summed E-state index contributed by atoms with van der Waals surface area (Å²) in [4.78, 5) is 0. The molecule has 0 heterocycles. The third kappa shape index (κ3) is 2.88. The van der Waals surface area contributed by atoms with Gasteiger partial charge in [0.15, 0.2) is 23.8 Å². The number of hydrogen-bond donors (Lipinski definition) is 0. The van der Waals surface area contributed by atoms with Crippen molar-refractivity contribution in [3.63, 3.8) is 0 Å². The van der Waals surface area contributed by atoms with Crippen molar-refractivity contribution in [3.8, 4) is 0 Å². The molecule has 0 saturated heterocycles. The second-order valence-electron chi connectivity index (χ2n) is 7.73. The smallest absolute Gasteiger partial charge is 0.173 e. The van der Waals surface area contributed by atoms with Gasteiger partial charge < -0.3 is 0 Å². The Morgan fingerprint density at radius 2 is 0.870 bits per heavy atom. The Hall–Kier alpha value is -0.100. The highest BCUT2D eigenvalue weighted by molar-refractivity contribution is 8.10. The molecule has 3 rings (SSSR count). The first-order valence-corrected chi connectivity index (χ1v) is 12.5. The molecule has 23 heavy (non-hydrogen) atoms. The summed E-state index contributed by atoms with van der Waals surface area (Å²) in [5, 5.41) is -0.847. The molecule has 0 spiro atoms. The Morgan fingerprint density at radius 1 is 0.522 bits per heavy atom. The zero-order chi connectivity index (χ0) is 16.6. The SMILES string of the molecule is O=S(=O)(C1CCCCC1)C1(S(=O)(=O)C2CCCCC2)CCCC1. The largest absolute Gasteiger partial charge is 0.227 e. The Balaban J connectivity index is 1.98. The fourth-order valence-electron chi connectivity index (χ4n) is 5.00. The molecule has 3 saturated carbocycles. The van der Waals surface area contributed by atoms with E-state index in [1.54, 1.807) is 0 Å². The van der Waals surface area contributed by atoms with Crippen LogP contribution in [0.4, 0.5) is 0 Å². The second kappa shape index (κ2) is 6.66. The molecule has 0 aromatic rings. The molecule has 3 aliphatic rings. The molecule has 6 heteroatoms. The summed E-state index contributed by atoms with van der Waals surface area (Å²) in [5.41, 5.74) is 0. The summed E-state index contributed by atoms with van der Waals surface area (Å²) in [6.45, 7) is 0. The molecule has 134 valence electrons. The van der Waals surface area contributed by atoms with Gasteiger partial charge in [-0.3, -0.25) is 0 Å². The minimum atomic E-state index is -3.62. The van der Waals surface area contributed by atoms with Crippen LogP contribution in [0.5, 0.6) is 0 Å². The van der Waals surface area contributed by atoms with Gasteiger partial charge in [0.1, 0.15) is 0 Å². The average Bonchev–Trinajstić information content (AvgIpc) is 3.09. The number of hydrogen-bond acceptors (Lipinski definition) is 4. The predicted octanol–water partition coefficient (Wildman–Crippen LogP) is 3.75. The van der Waals surface area contributed by atoms with E-state index in [4.69, 9.17) is 0 Å². The van der Waals surface area contributed by atoms with Gasteiger partial charge in [-0.15, -0.1) is 0 Å². The first kappa shape index (κ1) is 17.7. The molecule has 3 aliphatic carbocycles. The minimum absolute atomic E-state index is 0.338. The van der Waals surface area contributed by atoms with Crippen molar-refractivity contribution in [2.75, 3.05) is 0 Å². The lowest BCUT2D eigenvalue weighted by molar-refractivity contribution is 0.455. The van der Waals surface area contributed by atoms with Gasteiger partial charge in [-0.05, 0) is 38.5 Å². The molecule has 0 N–H and O–H groups in total. The summed E-state index contributed by atoms with van der Waals surface area (Å²) in [6, 6.07) is 0. The monoisotopic (exact) mass is 362 g/mol. The van der Waals surface area contributed by atoms with Crippen molar-refractivity contribution in [1.82, 2.24) is 0 Å². The van der Waals surface area contributed by atoms with Gasteiger partial charge in [-0.2, -0.15) is 0 Å². The first-order chi connectivity index (χ1) is 10.9. The van der Waals surface area contributed by atoms with E-state index in [2.05, 4.69) is 0 Å². The molecular weight excluding hydrogens is 332 g/mol. The number of sulfone groups is 2. The summed E-state index contributed by atoms with van der Waals surface area (Å²) in [7, 11) is -7.24. The summed E-state index contributed by atoms with van der Waals surface area (Å²) in [5.74, 6) is 0. The highest BCUT2D eigenvalue weighted by Crippen LogP contribution is 2.48. The van der Waals surface area contributed by atoms with E-state index < -0.39 is 34.3 Å². The Morgan fingerprint density at radius 3 is 1.22 bits per heavy atom. The zero-order valence-electron chi connectivity index (χ0n) is 14.0. The average molecular weight is 363 g/mol. The van der Waals surface area contributed by atoms with Crippen LogP contribution in [0.2, 0.25) is 0 Å². The van der Waals surface area contributed by atoms with Crippen LogP contribution in [-0.2, 0) is 19.7 Å². The van der Waals surface area contributed by atoms with E-state index in [1.807, 2.05) is 0 Å². The Labute approximate surface area is 141 Å².